The molecule has 17 heavy (non-hydrogen) atoms. The predicted molar refractivity (Wildman–Crippen MR) is 74.0 cm³/mol. The minimum absolute atomic E-state index is 0.0895. The SMILES string of the molecule is CC1CN(c2ncccc2C(=N)N)CC(C)S1. The monoisotopic (exact) mass is 250 g/mol. The normalized spacial score (nSPS) is 24.7. The van der Waals surface area contributed by atoms with E-state index in [0.717, 1.165) is 24.5 Å². The second-order valence-corrected chi connectivity index (χ2v) is 6.33. The first-order valence-electron chi connectivity index (χ1n) is 5.77. The molecule has 1 fully saturated rings. The fourth-order valence-electron chi connectivity index (χ4n) is 2.21. The van der Waals surface area contributed by atoms with Crippen LogP contribution < -0.4 is 10.6 Å². The number of nitrogens with one attached hydrogen (secondary N) is 1. The second-order valence-electron chi connectivity index (χ2n) is 4.45. The summed E-state index contributed by atoms with van der Waals surface area (Å²) in [4.78, 5) is 6.63. The molecule has 0 radical (unpaired) electrons. The van der Waals surface area contributed by atoms with Gasteiger partial charge in [-0.15, -0.1) is 0 Å². The highest BCUT2D eigenvalue weighted by atomic mass is 32.2. The highest BCUT2D eigenvalue weighted by molar-refractivity contribution is 8.00. The van der Waals surface area contributed by atoms with Gasteiger partial charge in [0, 0.05) is 29.8 Å². The predicted octanol–water partition coefficient (Wildman–Crippen LogP) is 1.70. The molecular formula is C12H18N4S. The van der Waals surface area contributed by atoms with Crippen LogP contribution in [0, 0.1) is 5.41 Å². The molecule has 1 saturated heterocycles. The molecule has 2 unspecified atom stereocenters. The van der Waals surface area contributed by atoms with Gasteiger partial charge in [0.05, 0.1) is 5.56 Å². The van der Waals surface area contributed by atoms with Gasteiger partial charge in [-0.25, -0.2) is 4.98 Å². The van der Waals surface area contributed by atoms with Crippen LogP contribution >= 0.6 is 11.8 Å². The van der Waals surface area contributed by atoms with Gasteiger partial charge < -0.3 is 10.6 Å². The molecule has 2 heterocycles. The van der Waals surface area contributed by atoms with Crippen LogP contribution in [0.1, 0.15) is 19.4 Å². The first kappa shape index (κ1) is 12.2. The zero-order chi connectivity index (χ0) is 12.4. The summed E-state index contributed by atoms with van der Waals surface area (Å²) in [6, 6.07) is 3.69. The Kier molecular flexibility index (Phi) is 3.57. The van der Waals surface area contributed by atoms with E-state index >= 15 is 0 Å². The van der Waals surface area contributed by atoms with Crippen molar-refractivity contribution in [3.05, 3.63) is 23.9 Å². The molecule has 0 amide bonds. The summed E-state index contributed by atoms with van der Waals surface area (Å²) in [7, 11) is 0. The maximum absolute atomic E-state index is 7.60. The van der Waals surface area contributed by atoms with Crippen LogP contribution in [0.2, 0.25) is 0 Å². The third kappa shape index (κ3) is 2.72. The van der Waals surface area contributed by atoms with E-state index in [2.05, 4.69) is 23.7 Å². The average molecular weight is 250 g/mol. The number of anilines is 1. The summed E-state index contributed by atoms with van der Waals surface area (Å²) in [6.45, 7) is 6.38. The van der Waals surface area contributed by atoms with Crippen molar-refractivity contribution in [2.45, 2.75) is 24.3 Å². The maximum Gasteiger partial charge on any atom is 0.139 e. The number of amidine groups is 1. The molecule has 0 spiro atoms. The molecule has 1 aliphatic heterocycles. The van der Waals surface area contributed by atoms with Gasteiger partial charge in [0.25, 0.3) is 0 Å². The van der Waals surface area contributed by atoms with Crippen molar-refractivity contribution in [3.8, 4) is 0 Å². The Labute approximate surface area is 106 Å². The average Bonchev–Trinajstić information content (AvgIpc) is 2.27. The zero-order valence-electron chi connectivity index (χ0n) is 10.2. The Hall–Kier alpha value is -1.23. The molecule has 0 saturated carbocycles. The van der Waals surface area contributed by atoms with Gasteiger partial charge in [-0.1, -0.05) is 13.8 Å². The number of rotatable bonds is 2. The smallest absolute Gasteiger partial charge is 0.139 e. The number of nitrogens with zero attached hydrogens (tertiary/aromatic N) is 2. The van der Waals surface area contributed by atoms with Crippen molar-refractivity contribution in [1.29, 1.82) is 5.41 Å². The van der Waals surface area contributed by atoms with E-state index in [-0.39, 0.29) is 5.84 Å². The van der Waals surface area contributed by atoms with E-state index in [1.54, 1.807) is 6.20 Å². The van der Waals surface area contributed by atoms with Crippen LogP contribution in [0.25, 0.3) is 0 Å². The van der Waals surface area contributed by atoms with Crippen LogP contribution in [0.15, 0.2) is 18.3 Å². The Balaban J connectivity index is 2.30. The largest absolute Gasteiger partial charge is 0.384 e. The van der Waals surface area contributed by atoms with Gasteiger partial charge in [-0.3, -0.25) is 5.41 Å². The summed E-state index contributed by atoms with van der Waals surface area (Å²) in [6.07, 6.45) is 1.76. The summed E-state index contributed by atoms with van der Waals surface area (Å²) < 4.78 is 0. The standard InChI is InChI=1S/C12H18N4S/c1-8-6-16(7-9(2)17-8)12-10(11(13)14)4-3-5-15-12/h3-5,8-9H,6-7H2,1-2H3,(H3,13,14). The first-order valence-corrected chi connectivity index (χ1v) is 6.72. The summed E-state index contributed by atoms with van der Waals surface area (Å²) >= 11 is 2.00. The molecular weight excluding hydrogens is 232 g/mol. The van der Waals surface area contributed by atoms with Crippen molar-refractivity contribution >= 4 is 23.4 Å². The fourth-order valence-corrected chi connectivity index (χ4v) is 3.54. The van der Waals surface area contributed by atoms with E-state index in [1.807, 2.05) is 23.9 Å². The lowest BCUT2D eigenvalue weighted by Crippen LogP contribution is -2.41. The topological polar surface area (TPSA) is 66.0 Å². The second kappa shape index (κ2) is 4.96. The number of hydrogen-bond acceptors (Lipinski definition) is 4. The summed E-state index contributed by atoms with van der Waals surface area (Å²) in [5.41, 5.74) is 6.34. The molecule has 3 N–H and O–H groups in total. The van der Waals surface area contributed by atoms with E-state index < -0.39 is 0 Å². The molecule has 4 nitrogen and oxygen atoms in total. The van der Waals surface area contributed by atoms with Gasteiger partial charge in [-0.05, 0) is 12.1 Å². The van der Waals surface area contributed by atoms with Gasteiger partial charge in [0.1, 0.15) is 11.7 Å². The van der Waals surface area contributed by atoms with Crippen LogP contribution in [0.4, 0.5) is 5.82 Å². The van der Waals surface area contributed by atoms with Crippen molar-refractivity contribution < 1.29 is 0 Å². The van der Waals surface area contributed by atoms with Crippen molar-refractivity contribution in [1.82, 2.24) is 4.98 Å². The van der Waals surface area contributed by atoms with Crippen molar-refractivity contribution in [3.63, 3.8) is 0 Å². The summed E-state index contributed by atoms with van der Waals surface area (Å²) in [5.74, 6) is 0.936. The van der Waals surface area contributed by atoms with Crippen LogP contribution in [0.5, 0.6) is 0 Å². The lowest BCUT2D eigenvalue weighted by Gasteiger charge is -2.36. The highest BCUT2D eigenvalue weighted by Gasteiger charge is 2.25. The zero-order valence-corrected chi connectivity index (χ0v) is 11.0. The molecule has 2 atom stereocenters. The Bertz CT molecular complexity index is 411. The highest BCUT2D eigenvalue weighted by Crippen LogP contribution is 2.28. The maximum atomic E-state index is 7.60. The van der Waals surface area contributed by atoms with Gasteiger partial charge in [-0.2, -0.15) is 11.8 Å². The van der Waals surface area contributed by atoms with Crippen molar-refractivity contribution in [2.24, 2.45) is 5.73 Å². The number of aromatic nitrogens is 1. The van der Waals surface area contributed by atoms with E-state index in [9.17, 15) is 0 Å². The third-order valence-electron chi connectivity index (χ3n) is 2.80. The van der Waals surface area contributed by atoms with Crippen molar-refractivity contribution in [2.75, 3.05) is 18.0 Å². The number of hydrogen-bond donors (Lipinski definition) is 2. The van der Waals surface area contributed by atoms with Gasteiger partial charge in [0.2, 0.25) is 0 Å². The van der Waals surface area contributed by atoms with Crippen LogP contribution in [-0.2, 0) is 0 Å². The molecule has 92 valence electrons. The molecule has 0 bridgehead atoms. The molecule has 0 aromatic carbocycles. The molecule has 1 aromatic rings. The van der Waals surface area contributed by atoms with E-state index in [4.69, 9.17) is 11.1 Å². The fraction of sp³-hybridized carbons (Fsp3) is 0.500. The molecule has 5 heteroatoms. The number of nitrogens with two attached hydrogens (primary N) is 1. The minimum atomic E-state index is 0.0895. The molecule has 2 rings (SSSR count). The molecule has 1 aliphatic rings. The number of pyridine rings is 1. The quantitative estimate of drug-likeness (QED) is 0.619. The van der Waals surface area contributed by atoms with Gasteiger partial charge in [0.15, 0.2) is 0 Å². The number of nitrogen functional groups attached to an aromatic ring is 1. The first-order chi connectivity index (χ1) is 8.08. The Morgan fingerprint density at radius 3 is 2.71 bits per heavy atom. The molecule has 1 aromatic heterocycles. The van der Waals surface area contributed by atoms with E-state index in [1.165, 1.54) is 0 Å². The number of thioether (sulfide) groups is 1. The lowest BCUT2D eigenvalue weighted by molar-refractivity contribution is 0.718. The van der Waals surface area contributed by atoms with E-state index in [0.29, 0.717) is 10.5 Å². The molecule has 0 aliphatic carbocycles. The Morgan fingerprint density at radius 2 is 2.12 bits per heavy atom. The lowest BCUT2D eigenvalue weighted by atomic mass is 10.2. The Morgan fingerprint density at radius 1 is 1.47 bits per heavy atom. The van der Waals surface area contributed by atoms with Gasteiger partial charge >= 0.3 is 0 Å². The summed E-state index contributed by atoms with van der Waals surface area (Å²) in [5, 5.41) is 8.77. The van der Waals surface area contributed by atoms with Crippen LogP contribution in [0.3, 0.4) is 0 Å². The third-order valence-corrected chi connectivity index (χ3v) is 4.02. The van der Waals surface area contributed by atoms with Crippen LogP contribution in [-0.4, -0.2) is 34.4 Å². The minimum Gasteiger partial charge on any atom is -0.384 e.